The monoisotopic (exact) mass is 581 g/mol. The van der Waals surface area contributed by atoms with E-state index in [0.29, 0.717) is 21.9 Å². The fourth-order valence-electron chi connectivity index (χ4n) is 3.16. The largest absolute Gasteiger partial charge is 0.490 e. The van der Waals surface area contributed by atoms with E-state index in [9.17, 15) is 28.6 Å². The Morgan fingerprint density at radius 2 is 1.86 bits per heavy atom. The van der Waals surface area contributed by atoms with E-state index in [-0.39, 0.29) is 19.0 Å². The van der Waals surface area contributed by atoms with Gasteiger partial charge in [-0.1, -0.05) is 0 Å². The standard InChI is InChI=1S/C13H22N5O13P3S/c14-13-16-11-10(12(17-13)35-2-1-19)15-6-18(11)9-3-7(4-20)8(29-9)5-28-33(24,25)31-34(26,27)30-32(21,22)23/h6-9,19-20H,1-5H2,(H,24,25)(H,26,27)(H2,14,16,17)(H2,21,22,23). The van der Waals surface area contributed by atoms with Crippen LogP contribution in [0.15, 0.2) is 11.4 Å². The molecular formula is C13H22N5O13P3S. The van der Waals surface area contributed by atoms with Crippen LogP contribution in [0.25, 0.3) is 11.2 Å². The minimum atomic E-state index is -5.66. The smallest absolute Gasteiger partial charge is 0.396 e. The van der Waals surface area contributed by atoms with Crippen LogP contribution in [0.1, 0.15) is 12.6 Å². The van der Waals surface area contributed by atoms with Crippen LogP contribution < -0.4 is 5.73 Å². The summed E-state index contributed by atoms with van der Waals surface area (Å²) >= 11 is 1.21. The van der Waals surface area contributed by atoms with Crippen molar-refractivity contribution in [3.63, 3.8) is 0 Å². The topological polar surface area (TPSA) is 279 Å². The highest BCUT2D eigenvalue weighted by molar-refractivity contribution is 7.99. The number of thioether (sulfide) groups is 1. The first-order valence-corrected chi connectivity index (χ1v) is 15.0. The summed E-state index contributed by atoms with van der Waals surface area (Å²) in [5, 5.41) is 19.2. The molecule has 1 aliphatic rings. The quantitative estimate of drug-likeness (QED) is 0.0964. The first kappa shape index (κ1) is 28.6. The zero-order valence-corrected chi connectivity index (χ0v) is 21.0. The summed E-state index contributed by atoms with van der Waals surface area (Å²) < 4.78 is 53.4. The number of anilines is 1. The lowest BCUT2D eigenvalue weighted by Crippen LogP contribution is -2.24. The van der Waals surface area contributed by atoms with Gasteiger partial charge in [0.2, 0.25) is 5.95 Å². The number of phosphoric ester groups is 1. The normalized spacial score (nSPS) is 24.5. The van der Waals surface area contributed by atoms with Gasteiger partial charge in [0.15, 0.2) is 5.65 Å². The number of imidazole rings is 1. The molecule has 35 heavy (non-hydrogen) atoms. The second kappa shape index (κ2) is 11.2. The Labute approximate surface area is 200 Å². The molecule has 1 saturated heterocycles. The number of phosphoric acid groups is 3. The van der Waals surface area contributed by atoms with Gasteiger partial charge in [-0.3, -0.25) is 9.09 Å². The summed E-state index contributed by atoms with van der Waals surface area (Å²) in [6.45, 7) is -1.24. The summed E-state index contributed by atoms with van der Waals surface area (Å²) in [6, 6.07) is 0. The average Bonchev–Trinajstić information content (AvgIpc) is 3.31. The van der Waals surface area contributed by atoms with Gasteiger partial charge in [-0.25, -0.2) is 23.7 Å². The van der Waals surface area contributed by atoms with Gasteiger partial charge >= 0.3 is 23.5 Å². The Kier molecular flexibility index (Phi) is 9.11. The Balaban J connectivity index is 1.72. The SMILES string of the molecule is Nc1nc(SCCO)c2ncn(C3CC(CO)C(COP(=O)(O)OP(=O)(O)OP(=O)(O)O)O3)c2n1. The molecule has 0 spiro atoms. The molecule has 1 fully saturated rings. The average molecular weight is 581 g/mol. The molecule has 18 nitrogen and oxygen atoms in total. The van der Waals surface area contributed by atoms with E-state index in [1.807, 2.05) is 0 Å². The van der Waals surface area contributed by atoms with E-state index in [0.717, 1.165) is 0 Å². The molecule has 8 N–H and O–H groups in total. The van der Waals surface area contributed by atoms with Crippen molar-refractivity contribution >= 4 is 52.3 Å². The van der Waals surface area contributed by atoms with Gasteiger partial charge in [0.25, 0.3) is 0 Å². The fraction of sp³-hybridized carbons (Fsp3) is 0.615. The molecule has 5 atom stereocenters. The van der Waals surface area contributed by atoms with Crippen molar-refractivity contribution in [2.75, 3.05) is 31.3 Å². The molecule has 0 bridgehead atoms. The highest BCUT2D eigenvalue weighted by Gasteiger charge is 2.43. The minimum absolute atomic E-state index is 0.0550. The highest BCUT2D eigenvalue weighted by Crippen LogP contribution is 2.66. The minimum Gasteiger partial charge on any atom is -0.396 e. The van der Waals surface area contributed by atoms with Crippen molar-refractivity contribution < 1.29 is 61.4 Å². The number of hydrogen-bond acceptors (Lipinski definition) is 14. The van der Waals surface area contributed by atoms with Gasteiger partial charge in [0.1, 0.15) is 16.8 Å². The summed E-state index contributed by atoms with van der Waals surface area (Å²) in [6.07, 6.45) is -0.229. The van der Waals surface area contributed by atoms with Crippen molar-refractivity contribution in [2.45, 2.75) is 23.8 Å². The first-order valence-electron chi connectivity index (χ1n) is 9.52. The zero-order valence-electron chi connectivity index (χ0n) is 17.5. The molecule has 0 aliphatic carbocycles. The Bertz CT molecular complexity index is 1190. The van der Waals surface area contributed by atoms with Crippen LogP contribution in [0.4, 0.5) is 5.95 Å². The number of aliphatic hydroxyl groups is 2. The third-order valence-corrected chi connectivity index (χ3v) is 9.21. The molecule has 2 aromatic rings. The molecule has 3 rings (SSSR count). The molecule has 0 saturated carbocycles. The number of ether oxygens (including phenoxy) is 1. The third-order valence-electron chi connectivity index (χ3n) is 4.46. The number of nitrogens with zero attached hydrogens (tertiary/aromatic N) is 4. The van der Waals surface area contributed by atoms with Crippen LogP contribution in [-0.2, 0) is 31.6 Å². The van der Waals surface area contributed by atoms with Crippen molar-refractivity contribution in [3.8, 4) is 0 Å². The van der Waals surface area contributed by atoms with Gasteiger partial charge in [-0.2, -0.15) is 13.6 Å². The van der Waals surface area contributed by atoms with Crippen LogP contribution in [0.5, 0.6) is 0 Å². The molecule has 0 radical (unpaired) electrons. The van der Waals surface area contributed by atoms with Crippen LogP contribution in [0.2, 0.25) is 0 Å². The number of fused-ring (bicyclic) bond motifs is 1. The number of rotatable bonds is 12. The van der Waals surface area contributed by atoms with Gasteiger partial charge in [0.05, 0.1) is 25.6 Å². The zero-order chi connectivity index (χ0) is 26.0. The van der Waals surface area contributed by atoms with E-state index >= 15 is 0 Å². The molecule has 5 unspecified atom stereocenters. The van der Waals surface area contributed by atoms with E-state index in [1.54, 1.807) is 0 Å². The number of aliphatic hydroxyl groups excluding tert-OH is 2. The lowest BCUT2D eigenvalue weighted by Gasteiger charge is -2.20. The number of nitrogens with two attached hydrogens (primary N) is 1. The molecule has 1 aliphatic heterocycles. The molecule has 198 valence electrons. The molecule has 3 heterocycles. The van der Waals surface area contributed by atoms with Crippen molar-refractivity contribution in [2.24, 2.45) is 5.92 Å². The predicted molar refractivity (Wildman–Crippen MR) is 116 cm³/mol. The molecule has 0 aromatic carbocycles. The van der Waals surface area contributed by atoms with E-state index < -0.39 is 54.9 Å². The third kappa shape index (κ3) is 7.74. The van der Waals surface area contributed by atoms with Gasteiger partial charge < -0.3 is 40.3 Å². The Morgan fingerprint density at radius 3 is 2.49 bits per heavy atom. The van der Waals surface area contributed by atoms with Crippen LogP contribution in [0.3, 0.4) is 0 Å². The lowest BCUT2D eigenvalue weighted by atomic mass is 10.0. The van der Waals surface area contributed by atoms with Gasteiger partial charge in [-0.15, -0.1) is 11.8 Å². The number of aromatic nitrogens is 4. The molecule has 22 heteroatoms. The summed E-state index contributed by atoms with van der Waals surface area (Å²) in [7, 11) is -16.5. The van der Waals surface area contributed by atoms with Crippen LogP contribution in [0, 0.1) is 5.92 Å². The van der Waals surface area contributed by atoms with Crippen LogP contribution >= 0.6 is 35.2 Å². The predicted octanol–water partition coefficient (Wildman–Crippen LogP) is -0.268. The second-order valence-electron chi connectivity index (χ2n) is 6.98. The van der Waals surface area contributed by atoms with E-state index in [4.69, 9.17) is 25.4 Å². The van der Waals surface area contributed by atoms with E-state index in [2.05, 4.69) is 28.1 Å². The number of hydrogen-bond donors (Lipinski definition) is 7. The second-order valence-corrected chi connectivity index (χ2v) is 12.5. The maximum atomic E-state index is 12.0. The summed E-state index contributed by atoms with van der Waals surface area (Å²) in [5.74, 6) is -0.346. The van der Waals surface area contributed by atoms with Crippen molar-refractivity contribution in [3.05, 3.63) is 6.33 Å². The lowest BCUT2D eigenvalue weighted by molar-refractivity contribution is -0.0328. The van der Waals surface area contributed by atoms with Gasteiger partial charge in [-0.05, 0) is 0 Å². The highest BCUT2D eigenvalue weighted by atomic mass is 32.2. The summed E-state index contributed by atoms with van der Waals surface area (Å²) in [5.41, 5.74) is 6.46. The van der Waals surface area contributed by atoms with Crippen molar-refractivity contribution in [1.29, 1.82) is 0 Å². The maximum absolute atomic E-state index is 12.0. The molecule has 0 amide bonds. The Hall–Kier alpha value is -1.01. The molecule has 2 aromatic heterocycles. The summed E-state index contributed by atoms with van der Waals surface area (Å²) in [4.78, 5) is 48.5. The first-order chi connectivity index (χ1) is 16.2. The van der Waals surface area contributed by atoms with Crippen LogP contribution in [-0.4, -0.2) is 81.0 Å². The molecular weight excluding hydrogens is 559 g/mol. The maximum Gasteiger partial charge on any atom is 0.490 e. The van der Waals surface area contributed by atoms with Gasteiger partial charge in [0, 0.05) is 24.7 Å². The Morgan fingerprint density at radius 1 is 1.14 bits per heavy atom. The van der Waals surface area contributed by atoms with Crippen molar-refractivity contribution in [1.82, 2.24) is 19.5 Å². The number of nitrogen functional groups attached to an aromatic ring is 1. The van der Waals surface area contributed by atoms with E-state index in [1.165, 1.54) is 22.7 Å². The fourth-order valence-corrected chi connectivity index (χ4v) is 6.91.